The lowest BCUT2D eigenvalue weighted by Crippen LogP contribution is -2.38. The van der Waals surface area contributed by atoms with Gasteiger partial charge in [-0.3, -0.25) is 9.59 Å². The number of nitrogens with zero attached hydrogens (tertiary/aromatic N) is 1. The zero-order valence-electron chi connectivity index (χ0n) is 13.7. The van der Waals surface area contributed by atoms with Gasteiger partial charge in [0.05, 0.1) is 0 Å². The quantitative estimate of drug-likeness (QED) is 0.845. The van der Waals surface area contributed by atoms with Crippen LogP contribution in [-0.2, 0) is 9.59 Å². The predicted molar refractivity (Wildman–Crippen MR) is 88.7 cm³/mol. The number of rotatable bonds is 5. The highest BCUT2D eigenvalue weighted by Gasteiger charge is 2.17. The average Bonchev–Trinajstić information content (AvgIpc) is 2.77. The van der Waals surface area contributed by atoms with Gasteiger partial charge in [-0.15, -0.1) is 0 Å². The van der Waals surface area contributed by atoms with E-state index in [0.717, 1.165) is 12.8 Å². The van der Waals surface area contributed by atoms with Crippen molar-refractivity contribution in [3.8, 4) is 0 Å². The van der Waals surface area contributed by atoms with Crippen molar-refractivity contribution in [1.29, 1.82) is 0 Å². The van der Waals surface area contributed by atoms with E-state index in [1.54, 1.807) is 12.1 Å². The maximum Gasteiger partial charge on any atom is 0.223 e. The second kappa shape index (κ2) is 8.65. The van der Waals surface area contributed by atoms with Crippen LogP contribution in [0.3, 0.4) is 0 Å². The minimum atomic E-state index is -0.344. The second-order valence-electron chi connectivity index (χ2n) is 6.15. The molecule has 126 valence electrons. The molecule has 1 aromatic carbocycles. The van der Waals surface area contributed by atoms with E-state index >= 15 is 0 Å². The van der Waals surface area contributed by atoms with Gasteiger partial charge in [-0.05, 0) is 37.1 Å². The molecule has 0 atom stereocenters. The van der Waals surface area contributed by atoms with Crippen molar-refractivity contribution in [3.05, 3.63) is 30.1 Å². The fraction of sp³-hybridized carbons (Fsp3) is 0.556. The molecular formula is C18H25FN2O2. The van der Waals surface area contributed by atoms with Crippen LogP contribution in [0.25, 0.3) is 0 Å². The second-order valence-corrected chi connectivity index (χ2v) is 6.15. The molecule has 1 aromatic rings. The number of amides is 2. The minimum Gasteiger partial charge on any atom is -0.353 e. The maximum atomic E-state index is 13.0. The number of hydrogen-bond acceptors (Lipinski definition) is 2. The molecule has 0 bridgehead atoms. The molecule has 4 nitrogen and oxygen atoms in total. The van der Waals surface area contributed by atoms with Crippen LogP contribution in [0.2, 0.25) is 0 Å². The van der Waals surface area contributed by atoms with Crippen LogP contribution in [0.4, 0.5) is 10.1 Å². The molecule has 0 spiro atoms. The van der Waals surface area contributed by atoms with Gasteiger partial charge in [-0.25, -0.2) is 4.39 Å². The Hall–Kier alpha value is -1.91. The smallest absolute Gasteiger partial charge is 0.223 e. The van der Waals surface area contributed by atoms with Gasteiger partial charge in [0.15, 0.2) is 0 Å². The van der Waals surface area contributed by atoms with Gasteiger partial charge in [0.25, 0.3) is 0 Å². The molecule has 1 aliphatic rings. The topological polar surface area (TPSA) is 49.4 Å². The van der Waals surface area contributed by atoms with Crippen LogP contribution in [0.1, 0.15) is 51.9 Å². The van der Waals surface area contributed by atoms with E-state index in [0.29, 0.717) is 12.2 Å². The molecular weight excluding hydrogens is 295 g/mol. The van der Waals surface area contributed by atoms with E-state index in [2.05, 4.69) is 5.32 Å². The van der Waals surface area contributed by atoms with Crippen molar-refractivity contribution >= 4 is 17.5 Å². The van der Waals surface area contributed by atoms with Crippen LogP contribution in [0.15, 0.2) is 24.3 Å². The zero-order chi connectivity index (χ0) is 16.7. The molecule has 2 rings (SSSR count). The summed E-state index contributed by atoms with van der Waals surface area (Å²) in [5.74, 6) is -0.521. The molecule has 1 saturated carbocycles. The van der Waals surface area contributed by atoms with Crippen molar-refractivity contribution in [2.45, 2.75) is 57.9 Å². The molecule has 0 heterocycles. The molecule has 0 aliphatic heterocycles. The molecule has 0 unspecified atom stereocenters. The van der Waals surface area contributed by atoms with E-state index < -0.39 is 0 Å². The molecule has 5 heteroatoms. The van der Waals surface area contributed by atoms with E-state index in [1.165, 1.54) is 49.6 Å². The number of carbonyl (C=O) groups is 2. The third-order valence-electron chi connectivity index (χ3n) is 4.30. The lowest BCUT2D eigenvalue weighted by Gasteiger charge is -2.22. The highest BCUT2D eigenvalue weighted by atomic mass is 19.1. The highest BCUT2D eigenvalue weighted by molar-refractivity contribution is 5.92. The van der Waals surface area contributed by atoms with Crippen molar-refractivity contribution in [2.75, 3.05) is 11.4 Å². The minimum absolute atomic E-state index is 0.0229. The number of hydrogen-bond donors (Lipinski definition) is 1. The van der Waals surface area contributed by atoms with Crippen molar-refractivity contribution in [1.82, 2.24) is 5.32 Å². The summed E-state index contributed by atoms with van der Waals surface area (Å²) < 4.78 is 13.0. The summed E-state index contributed by atoms with van der Waals surface area (Å²) in [5.41, 5.74) is 0.612. The standard InChI is InChI=1S/C18H25FN2O2/c1-14(22)21(17-10-8-15(19)9-11-17)13-12-18(23)20-16-6-4-2-3-5-7-16/h8-11,16H,2-7,12-13H2,1H3,(H,20,23). The summed E-state index contributed by atoms with van der Waals surface area (Å²) in [6.45, 7) is 1.76. The van der Waals surface area contributed by atoms with Crippen LogP contribution >= 0.6 is 0 Å². The first kappa shape index (κ1) is 17.4. The molecule has 1 aliphatic carbocycles. The Kier molecular flexibility index (Phi) is 6.56. The molecule has 0 saturated heterocycles. The third-order valence-corrected chi connectivity index (χ3v) is 4.30. The largest absolute Gasteiger partial charge is 0.353 e. The van der Waals surface area contributed by atoms with Gasteiger partial charge in [-0.2, -0.15) is 0 Å². The number of carbonyl (C=O) groups excluding carboxylic acids is 2. The van der Waals surface area contributed by atoms with Crippen molar-refractivity contribution < 1.29 is 14.0 Å². The maximum absolute atomic E-state index is 13.0. The van der Waals surface area contributed by atoms with Gasteiger partial charge in [0.1, 0.15) is 5.82 Å². The summed E-state index contributed by atoms with van der Waals surface area (Å²) in [6, 6.07) is 6.01. The van der Waals surface area contributed by atoms with Crippen LogP contribution in [-0.4, -0.2) is 24.4 Å². The van der Waals surface area contributed by atoms with Gasteiger partial charge < -0.3 is 10.2 Å². The zero-order valence-corrected chi connectivity index (χ0v) is 13.7. The summed E-state index contributed by atoms with van der Waals surface area (Å²) in [6.07, 6.45) is 7.16. The summed E-state index contributed by atoms with van der Waals surface area (Å²) in [7, 11) is 0. The SMILES string of the molecule is CC(=O)N(CCC(=O)NC1CCCCCC1)c1ccc(F)cc1. The summed E-state index contributed by atoms with van der Waals surface area (Å²) in [4.78, 5) is 25.4. The first-order chi connectivity index (χ1) is 11.1. The Morgan fingerprint density at radius 3 is 2.30 bits per heavy atom. The molecule has 1 N–H and O–H groups in total. The first-order valence-electron chi connectivity index (χ1n) is 8.39. The number of nitrogens with one attached hydrogen (secondary N) is 1. The van der Waals surface area contributed by atoms with Gasteiger partial charge in [0.2, 0.25) is 11.8 Å². The normalized spacial score (nSPS) is 15.7. The van der Waals surface area contributed by atoms with Crippen LogP contribution in [0, 0.1) is 5.82 Å². The van der Waals surface area contributed by atoms with Crippen molar-refractivity contribution in [3.63, 3.8) is 0 Å². The number of anilines is 1. The molecule has 0 radical (unpaired) electrons. The van der Waals surface area contributed by atoms with E-state index in [9.17, 15) is 14.0 Å². The fourth-order valence-corrected chi connectivity index (χ4v) is 3.03. The Morgan fingerprint density at radius 2 is 1.74 bits per heavy atom. The van der Waals surface area contributed by atoms with E-state index in [-0.39, 0.29) is 30.1 Å². The van der Waals surface area contributed by atoms with Gasteiger partial charge >= 0.3 is 0 Å². The lowest BCUT2D eigenvalue weighted by molar-refractivity contribution is -0.121. The summed E-state index contributed by atoms with van der Waals surface area (Å²) >= 11 is 0. The molecule has 0 aromatic heterocycles. The number of halogens is 1. The Labute approximate surface area is 137 Å². The highest BCUT2D eigenvalue weighted by Crippen LogP contribution is 2.18. The Balaban J connectivity index is 1.86. The van der Waals surface area contributed by atoms with Gasteiger partial charge in [-0.1, -0.05) is 25.7 Å². The van der Waals surface area contributed by atoms with Crippen LogP contribution < -0.4 is 10.2 Å². The molecule has 1 fully saturated rings. The fourth-order valence-electron chi connectivity index (χ4n) is 3.03. The monoisotopic (exact) mass is 320 g/mol. The summed E-state index contributed by atoms with van der Waals surface area (Å²) in [5, 5.41) is 3.08. The number of benzene rings is 1. The van der Waals surface area contributed by atoms with Crippen molar-refractivity contribution in [2.24, 2.45) is 0 Å². The lowest BCUT2D eigenvalue weighted by atomic mass is 10.1. The molecule has 23 heavy (non-hydrogen) atoms. The predicted octanol–water partition coefficient (Wildman–Crippen LogP) is 3.41. The molecule has 2 amide bonds. The van der Waals surface area contributed by atoms with Crippen LogP contribution in [0.5, 0.6) is 0 Å². The Morgan fingerprint density at radius 1 is 1.13 bits per heavy atom. The van der Waals surface area contributed by atoms with E-state index in [4.69, 9.17) is 0 Å². The third kappa shape index (κ3) is 5.66. The van der Waals surface area contributed by atoms with Gasteiger partial charge in [0, 0.05) is 31.6 Å². The Bertz CT molecular complexity index is 522. The average molecular weight is 320 g/mol. The van der Waals surface area contributed by atoms with E-state index in [1.807, 2.05) is 0 Å². The first-order valence-corrected chi connectivity index (χ1v) is 8.39.